The lowest BCUT2D eigenvalue weighted by molar-refractivity contribution is -0.164. The summed E-state index contributed by atoms with van der Waals surface area (Å²) < 4.78 is 27.3. The predicted molar refractivity (Wildman–Crippen MR) is 136 cm³/mol. The number of methoxy groups -OCH3 is 5. The highest BCUT2D eigenvalue weighted by Gasteiger charge is 2.54. The molecule has 3 aliphatic heterocycles. The minimum Gasteiger partial charge on any atom is -0.497 e. The van der Waals surface area contributed by atoms with Crippen LogP contribution in [0.1, 0.15) is 46.8 Å². The van der Waals surface area contributed by atoms with Gasteiger partial charge in [-0.25, -0.2) is 0 Å². The van der Waals surface area contributed by atoms with E-state index in [0.29, 0.717) is 43.1 Å². The maximum absolute atomic E-state index is 13.9. The van der Waals surface area contributed by atoms with E-state index < -0.39 is 23.8 Å². The molecule has 2 fully saturated rings. The maximum Gasteiger partial charge on any atom is 0.295 e. The van der Waals surface area contributed by atoms with Crippen LogP contribution in [0.3, 0.4) is 0 Å². The van der Waals surface area contributed by atoms with E-state index in [-0.39, 0.29) is 29.0 Å². The van der Waals surface area contributed by atoms with Crippen LogP contribution in [0.5, 0.6) is 28.7 Å². The van der Waals surface area contributed by atoms with Crippen LogP contribution in [-0.4, -0.2) is 81.6 Å². The van der Waals surface area contributed by atoms with Crippen molar-refractivity contribution in [2.24, 2.45) is 0 Å². The first kappa shape index (κ1) is 25.7. The number of hydrogen-bond acceptors (Lipinski definition) is 8. The molecule has 0 aromatic heterocycles. The molecule has 38 heavy (non-hydrogen) atoms. The molecule has 3 heterocycles. The van der Waals surface area contributed by atoms with Crippen LogP contribution in [0.15, 0.2) is 24.3 Å². The first-order chi connectivity index (χ1) is 18.4. The summed E-state index contributed by atoms with van der Waals surface area (Å²) >= 11 is 0. The van der Waals surface area contributed by atoms with E-state index in [9.17, 15) is 14.4 Å². The quantitative estimate of drug-likeness (QED) is 0.402. The highest BCUT2D eigenvalue weighted by molar-refractivity contribution is 6.43. The van der Waals surface area contributed by atoms with Crippen molar-refractivity contribution in [2.45, 2.75) is 43.8 Å². The average Bonchev–Trinajstić information content (AvgIpc) is 2.96. The van der Waals surface area contributed by atoms with Gasteiger partial charge in [0.25, 0.3) is 11.7 Å². The van der Waals surface area contributed by atoms with Crippen molar-refractivity contribution in [2.75, 3.05) is 42.1 Å². The average molecular weight is 525 g/mol. The van der Waals surface area contributed by atoms with E-state index >= 15 is 0 Å². The Morgan fingerprint density at radius 2 is 1.53 bits per heavy atom. The smallest absolute Gasteiger partial charge is 0.295 e. The van der Waals surface area contributed by atoms with E-state index in [1.165, 1.54) is 38.4 Å². The Hall–Kier alpha value is -3.95. The number of carbonyl (C=O) groups is 3. The second kappa shape index (κ2) is 10.1. The summed E-state index contributed by atoms with van der Waals surface area (Å²) in [6, 6.07) is 5.21. The van der Waals surface area contributed by atoms with Gasteiger partial charge in [0.2, 0.25) is 11.7 Å². The fourth-order valence-corrected chi connectivity index (χ4v) is 6.19. The standard InChI is InChI=1S/C28H32N2O8/c1-34-17-11-15-9-10-29-24(23(15)20(14-17)35-2)18-7-6-8-19(27(29)32)30(18)28(33)25(31)16-12-21(36-3)26(38-5)22(13-16)37-4/h11-14,18-19,24H,6-10H2,1-5H3/t18-,19+,24+/m1/s1. The number of hydrogen-bond donors (Lipinski definition) is 0. The van der Waals surface area contributed by atoms with Crippen molar-refractivity contribution in [3.05, 3.63) is 41.0 Å². The molecule has 2 aromatic rings. The summed E-state index contributed by atoms with van der Waals surface area (Å²) in [5.74, 6) is 0.536. The molecular formula is C28H32N2O8. The third kappa shape index (κ3) is 3.90. The molecule has 10 nitrogen and oxygen atoms in total. The zero-order chi connectivity index (χ0) is 27.1. The molecule has 202 valence electrons. The Bertz CT molecular complexity index is 1250. The third-order valence-corrected chi connectivity index (χ3v) is 7.87. The van der Waals surface area contributed by atoms with E-state index in [0.717, 1.165) is 17.5 Å². The van der Waals surface area contributed by atoms with E-state index in [2.05, 4.69) is 0 Å². The van der Waals surface area contributed by atoms with Crippen molar-refractivity contribution >= 4 is 17.6 Å². The van der Waals surface area contributed by atoms with Crippen molar-refractivity contribution in [1.82, 2.24) is 9.80 Å². The Kier molecular flexibility index (Phi) is 6.81. The third-order valence-electron chi connectivity index (χ3n) is 7.87. The van der Waals surface area contributed by atoms with Gasteiger partial charge in [0.05, 0.1) is 47.6 Å². The van der Waals surface area contributed by atoms with Crippen molar-refractivity contribution in [3.8, 4) is 28.7 Å². The number of ether oxygens (including phenoxy) is 5. The zero-order valence-corrected chi connectivity index (χ0v) is 22.2. The molecule has 3 aliphatic rings. The first-order valence-electron chi connectivity index (χ1n) is 12.6. The van der Waals surface area contributed by atoms with Crippen LogP contribution < -0.4 is 23.7 Å². The fraction of sp³-hybridized carbons (Fsp3) is 0.464. The van der Waals surface area contributed by atoms with Crippen molar-refractivity contribution in [3.63, 3.8) is 0 Å². The number of Topliss-reactive ketones (excluding diaryl/α,β-unsaturated/α-hetero) is 1. The molecule has 2 aromatic carbocycles. The molecule has 3 atom stereocenters. The van der Waals surface area contributed by atoms with E-state index in [1.807, 2.05) is 11.0 Å². The SMILES string of the molecule is COc1cc2c(c(OC)c1)[C@@H]1[C@H]3CCC[C@@H](C(=O)N1CC2)N3C(=O)C(=O)c1cc(OC)c(OC)c(OC)c1. The van der Waals surface area contributed by atoms with E-state index in [1.54, 1.807) is 20.3 Å². The topological polar surface area (TPSA) is 104 Å². The molecule has 2 amide bonds. The maximum atomic E-state index is 13.9. The van der Waals surface area contributed by atoms with Gasteiger partial charge < -0.3 is 33.5 Å². The van der Waals surface area contributed by atoms with Gasteiger partial charge in [-0.1, -0.05) is 0 Å². The second-order valence-electron chi connectivity index (χ2n) is 9.60. The predicted octanol–water partition coefficient (Wildman–Crippen LogP) is 2.80. The Morgan fingerprint density at radius 3 is 2.13 bits per heavy atom. The van der Waals surface area contributed by atoms with Crippen LogP contribution in [0, 0.1) is 0 Å². The Morgan fingerprint density at radius 1 is 0.842 bits per heavy atom. The number of piperidine rings is 1. The molecule has 0 radical (unpaired) electrons. The monoisotopic (exact) mass is 524 g/mol. The van der Waals surface area contributed by atoms with Gasteiger partial charge in [-0.2, -0.15) is 0 Å². The molecule has 0 spiro atoms. The van der Waals surface area contributed by atoms with Crippen molar-refractivity contribution in [1.29, 1.82) is 0 Å². The van der Waals surface area contributed by atoms with Gasteiger partial charge in [0, 0.05) is 23.7 Å². The lowest BCUT2D eigenvalue weighted by Gasteiger charge is -2.55. The molecule has 5 rings (SSSR count). The summed E-state index contributed by atoms with van der Waals surface area (Å²) in [5, 5.41) is 0. The highest BCUT2D eigenvalue weighted by atomic mass is 16.5. The second-order valence-corrected chi connectivity index (χ2v) is 9.60. The van der Waals surface area contributed by atoms with Gasteiger partial charge in [-0.3, -0.25) is 14.4 Å². The molecule has 2 bridgehead atoms. The van der Waals surface area contributed by atoms with Crippen LogP contribution in [0.4, 0.5) is 0 Å². The van der Waals surface area contributed by atoms with E-state index in [4.69, 9.17) is 23.7 Å². The molecule has 2 saturated heterocycles. The number of carbonyl (C=O) groups excluding carboxylic acids is 3. The molecule has 0 aliphatic carbocycles. The highest BCUT2D eigenvalue weighted by Crippen LogP contribution is 2.48. The zero-order valence-electron chi connectivity index (χ0n) is 22.2. The summed E-state index contributed by atoms with van der Waals surface area (Å²) in [4.78, 5) is 44.6. The van der Waals surface area contributed by atoms with Crippen LogP contribution in [0.25, 0.3) is 0 Å². The van der Waals surface area contributed by atoms with Gasteiger partial charge in [0.15, 0.2) is 11.5 Å². The number of ketones is 1. The fourth-order valence-electron chi connectivity index (χ4n) is 6.19. The van der Waals surface area contributed by atoms with Crippen LogP contribution >= 0.6 is 0 Å². The summed E-state index contributed by atoms with van der Waals surface area (Å²) in [7, 11) is 7.53. The van der Waals surface area contributed by atoms with Gasteiger partial charge >= 0.3 is 0 Å². The number of piperazine rings is 1. The number of nitrogens with zero attached hydrogens (tertiary/aromatic N) is 2. The normalized spacial score (nSPS) is 21.7. The molecular weight excluding hydrogens is 492 g/mol. The Labute approximate surface area is 221 Å². The number of amides is 2. The Balaban J connectivity index is 1.57. The number of fused-ring (bicyclic) bond motifs is 6. The lowest BCUT2D eigenvalue weighted by Crippen LogP contribution is -2.68. The van der Waals surface area contributed by atoms with Gasteiger partial charge in [-0.05, 0) is 49.4 Å². The molecule has 0 saturated carbocycles. The first-order valence-corrected chi connectivity index (χ1v) is 12.6. The van der Waals surface area contributed by atoms with Crippen LogP contribution in [-0.2, 0) is 16.0 Å². The molecule has 0 unspecified atom stereocenters. The van der Waals surface area contributed by atoms with Gasteiger partial charge in [-0.15, -0.1) is 0 Å². The van der Waals surface area contributed by atoms with Crippen LogP contribution in [0.2, 0.25) is 0 Å². The van der Waals surface area contributed by atoms with Crippen molar-refractivity contribution < 1.29 is 38.1 Å². The molecule has 0 N–H and O–H groups in total. The summed E-state index contributed by atoms with van der Waals surface area (Å²) in [6.07, 6.45) is 2.61. The lowest BCUT2D eigenvalue weighted by atomic mass is 9.78. The largest absolute Gasteiger partial charge is 0.497 e. The number of rotatable bonds is 7. The minimum atomic E-state index is -0.736. The minimum absolute atomic E-state index is 0.101. The summed E-state index contributed by atoms with van der Waals surface area (Å²) in [6.45, 7) is 0.530. The van der Waals surface area contributed by atoms with Gasteiger partial charge in [0.1, 0.15) is 17.5 Å². The molecule has 10 heteroatoms. The summed E-state index contributed by atoms with van der Waals surface area (Å²) in [5.41, 5.74) is 1.99. The number of benzene rings is 2.